The topological polar surface area (TPSA) is 58.4 Å². The number of nitrogens with two attached hydrogens (primary N) is 1. The molecule has 0 atom stereocenters. The first-order valence-corrected chi connectivity index (χ1v) is 7.30. The summed E-state index contributed by atoms with van der Waals surface area (Å²) < 4.78 is 0. The molecule has 2 heterocycles. The van der Waals surface area contributed by atoms with Gasteiger partial charge in [0.15, 0.2) is 0 Å². The maximum absolute atomic E-state index is 11.6. The first-order valence-electron chi connectivity index (χ1n) is 5.47. The van der Waals surface area contributed by atoms with E-state index >= 15 is 0 Å². The molecule has 0 fully saturated rings. The quantitative estimate of drug-likeness (QED) is 0.501. The predicted molar refractivity (Wildman–Crippen MR) is 75.5 cm³/mol. The van der Waals surface area contributed by atoms with Crippen molar-refractivity contribution in [3.63, 3.8) is 0 Å². The predicted octanol–water partition coefficient (Wildman–Crippen LogP) is 2.05. The number of hydrazine groups is 1. The van der Waals surface area contributed by atoms with E-state index in [1.165, 1.54) is 16.9 Å². The monoisotopic (exact) mass is 281 g/mol. The minimum Gasteiger partial charge on any atom is -0.298 e. The van der Waals surface area contributed by atoms with Crippen molar-refractivity contribution in [2.45, 2.75) is 13.1 Å². The highest BCUT2D eigenvalue weighted by molar-refractivity contribution is 7.12. The normalized spacial score (nSPS) is 10.8. The van der Waals surface area contributed by atoms with Gasteiger partial charge in [-0.1, -0.05) is 0 Å². The van der Waals surface area contributed by atoms with Gasteiger partial charge in [-0.15, -0.1) is 11.3 Å². The van der Waals surface area contributed by atoms with Gasteiger partial charge in [0.1, 0.15) is 0 Å². The molecule has 0 saturated carbocycles. The lowest BCUT2D eigenvalue weighted by molar-refractivity contribution is 0.0956. The van der Waals surface area contributed by atoms with Gasteiger partial charge in [0.25, 0.3) is 5.91 Å². The summed E-state index contributed by atoms with van der Waals surface area (Å²) in [5.74, 6) is 4.95. The van der Waals surface area contributed by atoms with Crippen molar-refractivity contribution in [2.75, 3.05) is 7.05 Å². The van der Waals surface area contributed by atoms with E-state index in [1.54, 1.807) is 11.3 Å². The summed E-state index contributed by atoms with van der Waals surface area (Å²) in [5, 5.41) is 6.12. The van der Waals surface area contributed by atoms with Crippen LogP contribution in [0.2, 0.25) is 0 Å². The molecule has 0 aliphatic rings. The zero-order valence-corrected chi connectivity index (χ0v) is 11.7. The van der Waals surface area contributed by atoms with Crippen molar-refractivity contribution < 1.29 is 4.79 Å². The van der Waals surface area contributed by atoms with Crippen LogP contribution in [0.1, 0.15) is 20.8 Å². The third-order valence-corrected chi connectivity index (χ3v) is 4.24. The lowest BCUT2D eigenvalue weighted by atomic mass is 10.2. The van der Waals surface area contributed by atoms with Crippen LogP contribution in [0.15, 0.2) is 28.3 Å². The minimum absolute atomic E-state index is 0.219. The molecule has 0 radical (unpaired) electrons. The van der Waals surface area contributed by atoms with Crippen LogP contribution in [-0.2, 0) is 13.1 Å². The molecule has 2 rings (SSSR count). The molecule has 0 spiro atoms. The molecule has 3 N–H and O–H groups in total. The number of amides is 1. The molecular formula is C12H15N3OS2. The molecule has 96 valence electrons. The summed E-state index contributed by atoms with van der Waals surface area (Å²) in [4.78, 5) is 14.4. The summed E-state index contributed by atoms with van der Waals surface area (Å²) in [6.45, 7) is 1.62. The van der Waals surface area contributed by atoms with Crippen molar-refractivity contribution >= 4 is 28.6 Å². The summed E-state index contributed by atoms with van der Waals surface area (Å²) >= 11 is 3.11. The van der Waals surface area contributed by atoms with Crippen LogP contribution in [0, 0.1) is 0 Å². The third-order valence-electron chi connectivity index (χ3n) is 2.56. The smallest absolute Gasteiger partial charge is 0.275 e. The Labute approximate surface area is 114 Å². The number of nitrogen functional groups attached to an aromatic ring is 1. The van der Waals surface area contributed by atoms with Crippen LogP contribution in [0.5, 0.6) is 0 Å². The lowest BCUT2D eigenvalue weighted by Crippen LogP contribution is -2.30. The molecule has 0 aromatic carbocycles. The Hall–Kier alpha value is -1.21. The molecule has 1 amide bonds. The van der Waals surface area contributed by atoms with Gasteiger partial charge in [0.2, 0.25) is 0 Å². The Morgan fingerprint density at radius 2 is 2.22 bits per heavy atom. The summed E-state index contributed by atoms with van der Waals surface area (Å²) in [6.07, 6.45) is 0. The highest BCUT2D eigenvalue weighted by atomic mass is 32.1. The molecule has 0 bridgehead atoms. The average Bonchev–Trinajstić information content (AvgIpc) is 2.99. The molecule has 4 nitrogen and oxygen atoms in total. The van der Waals surface area contributed by atoms with E-state index in [0.717, 1.165) is 18.7 Å². The van der Waals surface area contributed by atoms with E-state index in [9.17, 15) is 4.79 Å². The lowest BCUT2D eigenvalue weighted by Gasteiger charge is -2.15. The number of nitrogens with one attached hydrogen (secondary N) is 1. The molecule has 2 aromatic rings. The first kappa shape index (κ1) is 13.2. The van der Waals surface area contributed by atoms with Gasteiger partial charge in [-0.3, -0.25) is 15.1 Å². The Kier molecular flexibility index (Phi) is 4.48. The zero-order valence-electron chi connectivity index (χ0n) is 10.1. The Morgan fingerprint density at radius 1 is 1.39 bits per heavy atom. The SMILES string of the molecule is CN(Cc1ccsc1)Cc1ccsc1C(=O)NN. The molecular weight excluding hydrogens is 266 g/mol. The van der Waals surface area contributed by atoms with Crippen molar-refractivity contribution in [1.29, 1.82) is 0 Å². The Morgan fingerprint density at radius 3 is 2.89 bits per heavy atom. The van der Waals surface area contributed by atoms with E-state index in [1.807, 2.05) is 18.5 Å². The van der Waals surface area contributed by atoms with E-state index in [0.29, 0.717) is 4.88 Å². The van der Waals surface area contributed by atoms with Gasteiger partial charge in [0, 0.05) is 13.1 Å². The van der Waals surface area contributed by atoms with Gasteiger partial charge >= 0.3 is 0 Å². The minimum atomic E-state index is -0.219. The molecule has 2 aromatic heterocycles. The van der Waals surface area contributed by atoms with Crippen LogP contribution in [-0.4, -0.2) is 17.9 Å². The van der Waals surface area contributed by atoms with Gasteiger partial charge in [0.05, 0.1) is 4.88 Å². The Bertz CT molecular complexity index is 507. The second-order valence-electron chi connectivity index (χ2n) is 4.05. The molecule has 0 saturated heterocycles. The first-order chi connectivity index (χ1) is 8.70. The van der Waals surface area contributed by atoms with Crippen molar-refractivity contribution in [1.82, 2.24) is 10.3 Å². The molecule has 0 unspecified atom stereocenters. The highest BCUT2D eigenvalue weighted by Gasteiger charge is 2.13. The fraction of sp³-hybridized carbons (Fsp3) is 0.250. The van der Waals surface area contributed by atoms with Crippen LogP contribution in [0.3, 0.4) is 0 Å². The maximum Gasteiger partial charge on any atom is 0.275 e. The number of hydrogen-bond acceptors (Lipinski definition) is 5. The number of carbonyl (C=O) groups excluding carboxylic acids is 1. The number of rotatable bonds is 5. The van der Waals surface area contributed by atoms with E-state index in [4.69, 9.17) is 5.84 Å². The summed E-state index contributed by atoms with van der Waals surface area (Å²) in [7, 11) is 2.04. The average molecular weight is 281 g/mol. The second kappa shape index (κ2) is 6.10. The molecule has 0 aliphatic carbocycles. The van der Waals surface area contributed by atoms with Gasteiger partial charge in [-0.25, -0.2) is 5.84 Å². The van der Waals surface area contributed by atoms with Gasteiger partial charge < -0.3 is 0 Å². The van der Waals surface area contributed by atoms with Crippen molar-refractivity contribution in [2.24, 2.45) is 5.84 Å². The largest absolute Gasteiger partial charge is 0.298 e. The van der Waals surface area contributed by atoms with Gasteiger partial charge in [-0.05, 0) is 46.4 Å². The van der Waals surface area contributed by atoms with Crippen LogP contribution in [0.4, 0.5) is 0 Å². The molecule has 18 heavy (non-hydrogen) atoms. The van der Waals surface area contributed by atoms with E-state index < -0.39 is 0 Å². The van der Waals surface area contributed by atoms with E-state index in [2.05, 4.69) is 27.2 Å². The summed E-state index contributed by atoms with van der Waals surface area (Å²) in [5.41, 5.74) is 4.49. The van der Waals surface area contributed by atoms with Crippen LogP contribution in [0.25, 0.3) is 0 Å². The number of hydrogen-bond donors (Lipinski definition) is 2. The third kappa shape index (κ3) is 3.17. The van der Waals surface area contributed by atoms with Gasteiger partial charge in [-0.2, -0.15) is 11.3 Å². The fourth-order valence-corrected chi connectivity index (χ4v) is 3.24. The fourth-order valence-electron chi connectivity index (χ4n) is 1.77. The highest BCUT2D eigenvalue weighted by Crippen LogP contribution is 2.19. The molecule has 0 aliphatic heterocycles. The van der Waals surface area contributed by atoms with E-state index in [-0.39, 0.29) is 5.91 Å². The summed E-state index contributed by atoms with van der Waals surface area (Å²) in [6, 6.07) is 4.08. The number of nitrogens with zero attached hydrogens (tertiary/aromatic N) is 1. The zero-order chi connectivity index (χ0) is 13.0. The molecule has 6 heteroatoms. The Balaban J connectivity index is 2.01. The standard InChI is InChI=1S/C12H15N3OS2/c1-15(6-9-2-4-17-8-9)7-10-3-5-18-11(10)12(16)14-13/h2-5,8H,6-7,13H2,1H3,(H,14,16). The van der Waals surface area contributed by atoms with Crippen molar-refractivity contribution in [3.05, 3.63) is 44.3 Å². The second-order valence-corrected chi connectivity index (χ2v) is 5.75. The maximum atomic E-state index is 11.6. The van der Waals surface area contributed by atoms with Crippen molar-refractivity contribution in [3.8, 4) is 0 Å². The number of thiophene rings is 2. The van der Waals surface area contributed by atoms with Crippen LogP contribution >= 0.6 is 22.7 Å². The number of carbonyl (C=O) groups is 1. The van der Waals surface area contributed by atoms with Crippen LogP contribution < -0.4 is 11.3 Å².